The first kappa shape index (κ1) is 20.5. The number of nitrogens with zero attached hydrogens (tertiary/aromatic N) is 3. The molecule has 152 valence electrons. The summed E-state index contributed by atoms with van der Waals surface area (Å²) >= 11 is 0. The van der Waals surface area contributed by atoms with Crippen molar-refractivity contribution in [1.29, 1.82) is 0 Å². The van der Waals surface area contributed by atoms with Crippen LogP contribution in [0.1, 0.15) is 52.1 Å². The monoisotopic (exact) mass is 395 g/mol. The molecule has 7 heteroatoms. The van der Waals surface area contributed by atoms with Crippen molar-refractivity contribution in [3.05, 3.63) is 28.2 Å². The molecular formula is C20H33N3O3S. The van der Waals surface area contributed by atoms with Gasteiger partial charge in [-0.3, -0.25) is 4.79 Å². The van der Waals surface area contributed by atoms with Crippen molar-refractivity contribution in [2.24, 2.45) is 11.8 Å². The third-order valence-electron chi connectivity index (χ3n) is 5.96. The van der Waals surface area contributed by atoms with Gasteiger partial charge >= 0.3 is 0 Å². The molecule has 2 fully saturated rings. The SMILES string of the molecule is CC(C)(C)c1ccc(=O)n(CC2CCN(CC3CCS(=O)(=O)CC3)CC2)n1. The summed E-state index contributed by atoms with van der Waals surface area (Å²) in [6, 6.07) is 3.48. The zero-order valence-corrected chi connectivity index (χ0v) is 17.7. The molecule has 0 spiro atoms. The van der Waals surface area contributed by atoms with Crippen LogP contribution in [0.2, 0.25) is 0 Å². The van der Waals surface area contributed by atoms with E-state index in [-0.39, 0.29) is 11.0 Å². The number of likely N-dealkylation sites (tertiary alicyclic amines) is 1. The standard InChI is InChI=1S/C20H33N3O3S/c1-20(2,3)18-4-5-19(24)23(21-18)15-16-6-10-22(11-7-16)14-17-8-12-27(25,26)13-9-17/h4-5,16-17H,6-15H2,1-3H3. The minimum Gasteiger partial charge on any atom is -0.303 e. The second-order valence-corrected chi connectivity index (χ2v) is 11.6. The summed E-state index contributed by atoms with van der Waals surface area (Å²) in [7, 11) is -2.78. The lowest BCUT2D eigenvalue weighted by Gasteiger charge is -2.35. The zero-order chi connectivity index (χ0) is 19.7. The van der Waals surface area contributed by atoms with Gasteiger partial charge in [0, 0.05) is 24.6 Å². The van der Waals surface area contributed by atoms with Gasteiger partial charge in [-0.1, -0.05) is 20.8 Å². The lowest BCUT2D eigenvalue weighted by Crippen LogP contribution is -2.40. The van der Waals surface area contributed by atoms with Gasteiger partial charge in [-0.2, -0.15) is 5.10 Å². The molecule has 3 rings (SSSR count). The third kappa shape index (κ3) is 5.64. The van der Waals surface area contributed by atoms with Crippen molar-refractivity contribution in [2.75, 3.05) is 31.1 Å². The predicted molar refractivity (Wildman–Crippen MR) is 108 cm³/mol. The molecule has 2 aliphatic rings. The molecule has 0 amide bonds. The Bertz CT molecular complexity index is 788. The number of aromatic nitrogens is 2. The van der Waals surface area contributed by atoms with Gasteiger partial charge in [-0.25, -0.2) is 13.1 Å². The molecule has 0 aromatic carbocycles. The predicted octanol–water partition coefficient (Wildman–Crippen LogP) is 2.08. The largest absolute Gasteiger partial charge is 0.303 e. The van der Waals surface area contributed by atoms with Gasteiger partial charge in [0.05, 0.1) is 17.2 Å². The molecule has 0 aliphatic carbocycles. The maximum Gasteiger partial charge on any atom is 0.266 e. The fourth-order valence-electron chi connectivity index (χ4n) is 4.06. The van der Waals surface area contributed by atoms with Crippen molar-refractivity contribution in [3.8, 4) is 0 Å². The lowest BCUT2D eigenvalue weighted by atomic mass is 9.92. The zero-order valence-electron chi connectivity index (χ0n) is 16.9. The summed E-state index contributed by atoms with van der Waals surface area (Å²) in [6.45, 7) is 10.1. The fraction of sp³-hybridized carbons (Fsp3) is 0.800. The smallest absolute Gasteiger partial charge is 0.266 e. The van der Waals surface area contributed by atoms with Crippen molar-refractivity contribution in [3.63, 3.8) is 0 Å². The number of rotatable bonds is 4. The fourth-order valence-corrected chi connectivity index (χ4v) is 5.65. The molecule has 2 saturated heterocycles. The van der Waals surface area contributed by atoms with Crippen LogP contribution in [-0.2, 0) is 21.8 Å². The molecule has 1 aromatic heterocycles. The van der Waals surface area contributed by atoms with Crippen LogP contribution in [0, 0.1) is 11.8 Å². The Morgan fingerprint density at radius 3 is 2.19 bits per heavy atom. The summed E-state index contributed by atoms with van der Waals surface area (Å²) in [5.41, 5.74) is 0.868. The average Bonchev–Trinajstić information content (AvgIpc) is 2.59. The molecule has 3 heterocycles. The minimum absolute atomic E-state index is 0.0196. The van der Waals surface area contributed by atoms with Crippen LogP contribution in [0.4, 0.5) is 0 Å². The number of sulfone groups is 1. The number of hydrogen-bond donors (Lipinski definition) is 0. The number of hydrogen-bond acceptors (Lipinski definition) is 5. The second kappa shape index (κ2) is 8.03. The second-order valence-electron chi connectivity index (χ2n) is 9.33. The van der Waals surface area contributed by atoms with E-state index >= 15 is 0 Å². The summed E-state index contributed by atoms with van der Waals surface area (Å²) in [5, 5.41) is 4.60. The van der Waals surface area contributed by atoms with E-state index in [2.05, 4.69) is 30.8 Å². The molecule has 0 bridgehead atoms. The van der Waals surface area contributed by atoms with E-state index in [0.29, 0.717) is 29.9 Å². The van der Waals surface area contributed by atoms with Gasteiger partial charge in [0.25, 0.3) is 5.56 Å². The summed E-state index contributed by atoms with van der Waals surface area (Å²) in [5.74, 6) is 1.70. The van der Waals surface area contributed by atoms with E-state index in [1.165, 1.54) is 0 Å². The van der Waals surface area contributed by atoms with Crippen LogP contribution in [-0.4, -0.2) is 54.2 Å². The van der Waals surface area contributed by atoms with Gasteiger partial charge in [0.2, 0.25) is 0 Å². The van der Waals surface area contributed by atoms with Gasteiger partial charge in [-0.15, -0.1) is 0 Å². The molecular weight excluding hydrogens is 362 g/mol. The minimum atomic E-state index is -2.78. The van der Waals surface area contributed by atoms with Crippen LogP contribution in [0.15, 0.2) is 16.9 Å². The summed E-state index contributed by atoms with van der Waals surface area (Å²) < 4.78 is 24.8. The van der Waals surface area contributed by atoms with E-state index in [1.54, 1.807) is 10.7 Å². The molecule has 6 nitrogen and oxygen atoms in total. The molecule has 27 heavy (non-hydrogen) atoms. The third-order valence-corrected chi connectivity index (χ3v) is 7.68. The Morgan fingerprint density at radius 1 is 1.00 bits per heavy atom. The Kier molecular flexibility index (Phi) is 6.11. The van der Waals surface area contributed by atoms with E-state index in [4.69, 9.17) is 0 Å². The van der Waals surface area contributed by atoms with Crippen molar-refractivity contribution in [2.45, 2.75) is 58.4 Å². The number of piperidine rings is 1. The summed E-state index contributed by atoms with van der Waals surface area (Å²) in [6.07, 6.45) is 3.75. The highest BCUT2D eigenvalue weighted by molar-refractivity contribution is 7.91. The molecule has 2 aliphatic heterocycles. The lowest BCUT2D eigenvalue weighted by molar-refractivity contribution is 0.145. The Labute approximate surface area is 162 Å². The van der Waals surface area contributed by atoms with Gasteiger partial charge in [-0.05, 0) is 56.7 Å². The van der Waals surface area contributed by atoms with Crippen molar-refractivity contribution in [1.82, 2.24) is 14.7 Å². The Hall–Kier alpha value is -1.21. The van der Waals surface area contributed by atoms with Crippen LogP contribution in [0.25, 0.3) is 0 Å². The first-order valence-electron chi connectivity index (χ1n) is 10.1. The first-order valence-corrected chi connectivity index (χ1v) is 12.0. The Balaban J connectivity index is 1.51. The Morgan fingerprint density at radius 2 is 1.59 bits per heavy atom. The molecule has 1 aromatic rings. The highest BCUT2D eigenvalue weighted by Gasteiger charge is 2.27. The summed E-state index contributed by atoms with van der Waals surface area (Å²) in [4.78, 5) is 14.7. The molecule has 0 N–H and O–H groups in total. The average molecular weight is 396 g/mol. The van der Waals surface area contributed by atoms with Crippen molar-refractivity contribution < 1.29 is 8.42 Å². The van der Waals surface area contributed by atoms with Crippen LogP contribution in [0.5, 0.6) is 0 Å². The molecule has 0 unspecified atom stereocenters. The van der Waals surface area contributed by atoms with E-state index < -0.39 is 9.84 Å². The maximum absolute atomic E-state index is 12.2. The first-order chi connectivity index (χ1) is 12.6. The topological polar surface area (TPSA) is 72.3 Å². The van der Waals surface area contributed by atoms with Gasteiger partial charge < -0.3 is 4.90 Å². The van der Waals surface area contributed by atoms with E-state index in [9.17, 15) is 13.2 Å². The molecule has 0 atom stereocenters. The maximum atomic E-state index is 12.2. The van der Waals surface area contributed by atoms with Crippen LogP contribution >= 0.6 is 0 Å². The quantitative estimate of drug-likeness (QED) is 0.780. The normalized spacial score (nSPS) is 22.8. The van der Waals surface area contributed by atoms with Gasteiger partial charge in [0.1, 0.15) is 9.84 Å². The molecule has 0 radical (unpaired) electrons. The molecule has 0 saturated carbocycles. The van der Waals surface area contributed by atoms with Crippen LogP contribution in [0.3, 0.4) is 0 Å². The van der Waals surface area contributed by atoms with E-state index in [0.717, 1.165) is 51.0 Å². The van der Waals surface area contributed by atoms with E-state index in [1.807, 2.05) is 6.07 Å². The highest BCUT2D eigenvalue weighted by atomic mass is 32.2. The van der Waals surface area contributed by atoms with Crippen LogP contribution < -0.4 is 5.56 Å². The highest BCUT2D eigenvalue weighted by Crippen LogP contribution is 2.24. The van der Waals surface area contributed by atoms with Crippen molar-refractivity contribution >= 4 is 9.84 Å². The van der Waals surface area contributed by atoms with Gasteiger partial charge in [0.15, 0.2) is 0 Å².